The summed E-state index contributed by atoms with van der Waals surface area (Å²) in [5.41, 5.74) is 0.458. The van der Waals surface area contributed by atoms with Gasteiger partial charge in [-0.25, -0.2) is 0 Å². The quantitative estimate of drug-likeness (QED) is 0.797. The first-order valence-corrected chi connectivity index (χ1v) is 7.13. The first-order chi connectivity index (χ1) is 9.26. The maximum absolute atomic E-state index is 11.1. The van der Waals surface area contributed by atoms with Crippen LogP contribution in [0.3, 0.4) is 0 Å². The minimum atomic E-state index is 0.176. The number of ether oxygens (including phenoxy) is 3. The number of aldehydes is 1. The highest BCUT2D eigenvalue weighted by Gasteiger charge is 2.18. The van der Waals surface area contributed by atoms with Crippen LogP contribution in [0.15, 0.2) is 28.1 Å². The van der Waals surface area contributed by atoms with Gasteiger partial charge < -0.3 is 14.2 Å². The summed E-state index contributed by atoms with van der Waals surface area (Å²) in [4.78, 5) is 12.1. The Morgan fingerprint density at radius 3 is 2.79 bits per heavy atom. The van der Waals surface area contributed by atoms with Crippen molar-refractivity contribution >= 4 is 33.6 Å². The smallest absolute Gasteiger partial charge is 0.231 e. The minimum Gasteiger partial charge on any atom is -0.487 e. The predicted octanol–water partition coefficient (Wildman–Crippen LogP) is 3.63. The molecule has 98 valence electrons. The molecule has 0 saturated heterocycles. The van der Waals surface area contributed by atoms with Gasteiger partial charge in [0.15, 0.2) is 17.8 Å². The fourth-order valence-corrected chi connectivity index (χ4v) is 3.13. The summed E-state index contributed by atoms with van der Waals surface area (Å²) in [5.74, 6) is 1.69. The highest BCUT2D eigenvalue weighted by atomic mass is 79.9. The fraction of sp³-hybridized carbons (Fsp3) is 0.154. The van der Waals surface area contributed by atoms with Crippen LogP contribution in [-0.2, 0) is 6.61 Å². The summed E-state index contributed by atoms with van der Waals surface area (Å²) < 4.78 is 17.2. The van der Waals surface area contributed by atoms with Gasteiger partial charge in [0.25, 0.3) is 0 Å². The van der Waals surface area contributed by atoms with Gasteiger partial charge >= 0.3 is 0 Å². The Hall–Kier alpha value is -1.53. The zero-order valence-corrected chi connectivity index (χ0v) is 12.1. The molecule has 1 aliphatic rings. The van der Waals surface area contributed by atoms with Crippen LogP contribution in [0.25, 0.3) is 0 Å². The molecule has 0 amide bonds. The van der Waals surface area contributed by atoms with Crippen LogP contribution in [0.1, 0.15) is 15.2 Å². The summed E-state index contributed by atoms with van der Waals surface area (Å²) in [6, 6.07) is 7.26. The second-order valence-electron chi connectivity index (χ2n) is 3.86. The molecule has 0 unspecified atom stereocenters. The van der Waals surface area contributed by atoms with Crippen molar-refractivity contribution in [1.82, 2.24) is 0 Å². The van der Waals surface area contributed by atoms with E-state index in [0.29, 0.717) is 29.4 Å². The molecule has 0 radical (unpaired) electrons. The van der Waals surface area contributed by atoms with E-state index in [2.05, 4.69) is 15.9 Å². The number of rotatable bonds is 4. The Morgan fingerprint density at radius 2 is 2.11 bits per heavy atom. The van der Waals surface area contributed by atoms with Crippen LogP contribution in [0.2, 0.25) is 0 Å². The van der Waals surface area contributed by atoms with E-state index < -0.39 is 0 Å². The van der Waals surface area contributed by atoms with Gasteiger partial charge in [-0.15, -0.1) is 11.3 Å². The number of carbonyl (C=O) groups is 1. The molecule has 1 aromatic heterocycles. The molecule has 2 heterocycles. The van der Waals surface area contributed by atoms with E-state index >= 15 is 0 Å². The van der Waals surface area contributed by atoms with Crippen molar-refractivity contribution in [1.29, 1.82) is 0 Å². The van der Waals surface area contributed by atoms with Crippen LogP contribution in [0, 0.1) is 0 Å². The lowest BCUT2D eigenvalue weighted by atomic mass is 10.2. The normalized spacial score (nSPS) is 12.5. The molecule has 4 nitrogen and oxygen atoms in total. The molecular formula is C13H9BrO4S. The minimum absolute atomic E-state index is 0.176. The molecular weight excluding hydrogens is 332 g/mol. The van der Waals surface area contributed by atoms with Gasteiger partial charge in [0, 0.05) is 10.9 Å². The third-order valence-electron chi connectivity index (χ3n) is 2.63. The molecule has 3 rings (SSSR count). The van der Waals surface area contributed by atoms with Crippen molar-refractivity contribution in [3.05, 3.63) is 38.5 Å². The summed E-state index contributed by atoms with van der Waals surface area (Å²) in [6.07, 6.45) is 0.752. The molecule has 0 aliphatic carbocycles. The molecule has 1 aliphatic heterocycles. The average molecular weight is 341 g/mol. The van der Waals surface area contributed by atoms with E-state index in [1.54, 1.807) is 23.5 Å². The van der Waals surface area contributed by atoms with Gasteiger partial charge in [0.05, 0.1) is 9.35 Å². The lowest BCUT2D eigenvalue weighted by Crippen LogP contribution is -1.96. The Labute approximate surface area is 122 Å². The van der Waals surface area contributed by atoms with E-state index in [4.69, 9.17) is 14.2 Å². The van der Waals surface area contributed by atoms with E-state index in [0.717, 1.165) is 14.9 Å². The molecule has 0 N–H and O–H groups in total. The Balaban J connectivity index is 1.81. The number of carbonyl (C=O) groups excluding carboxylic acids is 1. The van der Waals surface area contributed by atoms with Crippen molar-refractivity contribution in [3.63, 3.8) is 0 Å². The lowest BCUT2D eigenvalue weighted by Gasteiger charge is -2.08. The summed E-state index contributed by atoms with van der Waals surface area (Å²) in [7, 11) is 0. The summed E-state index contributed by atoms with van der Waals surface area (Å²) in [6.45, 7) is 0.589. The van der Waals surface area contributed by atoms with Crippen molar-refractivity contribution < 1.29 is 19.0 Å². The van der Waals surface area contributed by atoms with Gasteiger partial charge in [-0.1, -0.05) is 0 Å². The first-order valence-electron chi connectivity index (χ1n) is 5.52. The zero-order valence-electron chi connectivity index (χ0n) is 9.72. The van der Waals surface area contributed by atoms with Crippen LogP contribution in [0.5, 0.6) is 17.2 Å². The third-order valence-corrected chi connectivity index (χ3v) is 4.23. The molecule has 2 aromatic rings. The average Bonchev–Trinajstić information content (AvgIpc) is 3.03. The van der Waals surface area contributed by atoms with Crippen molar-refractivity contribution in [2.75, 3.05) is 6.79 Å². The molecule has 19 heavy (non-hydrogen) atoms. The number of thiophene rings is 1. The van der Waals surface area contributed by atoms with E-state index in [-0.39, 0.29) is 6.79 Å². The highest BCUT2D eigenvalue weighted by molar-refractivity contribution is 9.11. The Morgan fingerprint density at radius 1 is 1.32 bits per heavy atom. The largest absolute Gasteiger partial charge is 0.487 e. The first kappa shape index (κ1) is 12.5. The molecule has 0 saturated carbocycles. The predicted molar refractivity (Wildman–Crippen MR) is 74.3 cm³/mol. The topological polar surface area (TPSA) is 44.8 Å². The maximum Gasteiger partial charge on any atom is 0.231 e. The monoisotopic (exact) mass is 340 g/mol. The number of hydrogen-bond donors (Lipinski definition) is 0. The summed E-state index contributed by atoms with van der Waals surface area (Å²) >= 11 is 4.99. The van der Waals surface area contributed by atoms with Crippen LogP contribution in [-0.4, -0.2) is 13.1 Å². The van der Waals surface area contributed by atoms with E-state index in [1.165, 1.54) is 0 Å². The van der Waals surface area contributed by atoms with E-state index in [9.17, 15) is 4.79 Å². The molecule has 0 bridgehead atoms. The fourth-order valence-electron chi connectivity index (χ4n) is 1.73. The van der Waals surface area contributed by atoms with Crippen molar-refractivity contribution in [2.24, 2.45) is 0 Å². The molecule has 0 fully saturated rings. The van der Waals surface area contributed by atoms with Crippen LogP contribution in [0.4, 0.5) is 0 Å². The number of hydrogen-bond acceptors (Lipinski definition) is 5. The maximum atomic E-state index is 11.1. The van der Waals surface area contributed by atoms with Crippen LogP contribution < -0.4 is 14.2 Å². The van der Waals surface area contributed by atoms with Gasteiger partial charge in [0.1, 0.15) is 12.4 Å². The Bertz CT molecular complexity index is 623. The third kappa shape index (κ3) is 2.59. The SMILES string of the molecule is O=Cc1cc2c(cc1OCc1ccc(Br)s1)OCO2. The van der Waals surface area contributed by atoms with Crippen molar-refractivity contribution in [2.45, 2.75) is 6.61 Å². The number of fused-ring (bicyclic) bond motifs is 1. The van der Waals surface area contributed by atoms with Gasteiger partial charge in [-0.05, 0) is 34.1 Å². The lowest BCUT2D eigenvalue weighted by molar-refractivity contribution is 0.111. The molecule has 1 aromatic carbocycles. The van der Waals surface area contributed by atoms with Gasteiger partial charge in [0.2, 0.25) is 6.79 Å². The Kier molecular flexibility index (Phi) is 3.44. The highest BCUT2D eigenvalue weighted by Crippen LogP contribution is 2.38. The number of halogens is 1. The second kappa shape index (κ2) is 5.22. The zero-order chi connectivity index (χ0) is 13.2. The number of benzene rings is 1. The second-order valence-corrected chi connectivity index (χ2v) is 6.40. The molecule has 6 heteroatoms. The van der Waals surface area contributed by atoms with E-state index in [1.807, 2.05) is 12.1 Å². The molecule has 0 spiro atoms. The summed E-state index contributed by atoms with van der Waals surface area (Å²) in [5, 5.41) is 0. The van der Waals surface area contributed by atoms with Crippen molar-refractivity contribution in [3.8, 4) is 17.2 Å². The van der Waals surface area contributed by atoms with Crippen LogP contribution >= 0.6 is 27.3 Å². The molecule has 0 atom stereocenters. The van der Waals surface area contributed by atoms with Gasteiger partial charge in [-0.3, -0.25) is 4.79 Å². The standard InChI is InChI=1S/C13H9BrO4S/c14-13-2-1-9(19-13)6-16-10-4-12-11(17-7-18-12)3-8(10)5-15/h1-5H,6-7H2. The van der Waals surface area contributed by atoms with Gasteiger partial charge in [-0.2, -0.15) is 0 Å².